The van der Waals surface area contributed by atoms with E-state index in [4.69, 9.17) is 23.2 Å². The molecule has 3 heteroatoms. The van der Waals surface area contributed by atoms with Crippen LogP contribution in [-0.2, 0) is 5.41 Å². The van der Waals surface area contributed by atoms with Crippen molar-refractivity contribution >= 4 is 39.1 Å². The van der Waals surface area contributed by atoms with Gasteiger partial charge in [-0.2, -0.15) is 0 Å². The standard InChI is InChI=1S/C17H17BrCl2/c1-17(2,3)12-9-7-11(8-10-12)16(18)15-13(19)5-4-6-14(15)20/h4-10,16H,1-3H3. The number of halogens is 3. The molecule has 2 aromatic rings. The molecule has 0 aliphatic rings. The summed E-state index contributed by atoms with van der Waals surface area (Å²) >= 11 is 16.2. The van der Waals surface area contributed by atoms with E-state index in [1.165, 1.54) is 5.56 Å². The normalized spacial score (nSPS) is 13.3. The van der Waals surface area contributed by atoms with Gasteiger partial charge in [0.05, 0.1) is 4.83 Å². The van der Waals surface area contributed by atoms with E-state index in [0.29, 0.717) is 10.0 Å². The zero-order valence-corrected chi connectivity index (χ0v) is 14.9. The lowest BCUT2D eigenvalue weighted by atomic mass is 9.86. The van der Waals surface area contributed by atoms with Crippen LogP contribution in [0.25, 0.3) is 0 Å². The molecule has 0 radical (unpaired) electrons. The highest BCUT2D eigenvalue weighted by molar-refractivity contribution is 9.09. The van der Waals surface area contributed by atoms with Gasteiger partial charge in [0, 0.05) is 15.6 Å². The Labute approximate surface area is 139 Å². The topological polar surface area (TPSA) is 0 Å². The van der Waals surface area contributed by atoms with E-state index in [1.54, 1.807) is 0 Å². The molecule has 1 atom stereocenters. The van der Waals surface area contributed by atoms with Crippen LogP contribution in [0, 0.1) is 0 Å². The first-order valence-corrected chi connectivity index (χ1v) is 8.16. The van der Waals surface area contributed by atoms with E-state index in [1.807, 2.05) is 18.2 Å². The summed E-state index contributed by atoms with van der Waals surface area (Å²) in [6.07, 6.45) is 0. The van der Waals surface area contributed by atoms with E-state index in [-0.39, 0.29) is 10.2 Å². The van der Waals surface area contributed by atoms with Gasteiger partial charge in [0.2, 0.25) is 0 Å². The molecule has 0 nitrogen and oxygen atoms in total. The monoisotopic (exact) mass is 370 g/mol. The smallest absolute Gasteiger partial charge is 0.0673 e. The third-order valence-corrected chi connectivity index (χ3v) is 4.97. The summed E-state index contributed by atoms with van der Waals surface area (Å²) in [7, 11) is 0. The van der Waals surface area contributed by atoms with Crippen molar-refractivity contribution in [1.29, 1.82) is 0 Å². The molecule has 0 bridgehead atoms. The molecule has 0 N–H and O–H groups in total. The van der Waals surface area contributed by atoms with Gasteiger partial charge >= 0.3 is 0 Å². The van der Waals surface area contributed by atoms with Gasteiger partial charge in [-0.3, -0.25) is 0 Å². The van der Waals surface area contributed by atoms with Gasteiger partial charge < -0.3 is 0 Å². The average Bonchev–Trinajstić information content (AvgIpc) is 2.37. The lowest BCUT2D eigenvalue weighted by Gasteiger charge is -2.20. The molecule has 0 aliphatic carbocycles. The van der Waals surface area contributed by atoms with E-state index >= 15 is 0 Å². The average molecular weight is 372 g/mol. The molecular formula is C17H17BrCl2. The van der Waals surface area contributed by atoms with Crippen LogP contribution in [0.15, 0.2) is 42.5 Å². The predicted molar refractivity (Wildman–Crippen MR) is 92.4 cm³/mol. The van der Waals surface area contributed by atoms with Crippen molar-refractivity contribution in [3.63, 3.8) is 0 Å². The van der Waals surface area contributed by atoms with Crippen LogP contribution in [0.2, 0.25) is 10.0 Å². The summed E-state index contributed by atoms with van der Waals surface area (Å²) in [6, 6.07) is 14.2. The summed E-state index contributed by atoms with van der Waals surface area (Å²) in [5.74, 6) is 0. The van der Waals surface area contributed by atoms with Crippen LogP contribution in [0.4, 0.5) is 0 Å². The van der Waals surface area contributed by atoms with Crippen molar-refractivity contribution < 1.29 is 0 Å². The molecule has 0 saturated carbocycles. The van der Waals surface area contributed by atoms with Crippen LogP contribution in [0.1, 0.15) is 42.3 Å². The first-order valence-electron chi connectivity index (χ1n) is 6.49. The Morgan fingerprint density at radius 2 is 1.40 bits per heavy atom. The van der Waals surface area contributed by atoms with E-state index in [0.717, 1.165) is 11.1 Å². The van der Waals surface area contributed by atoms with Gasteiger partial charge in [0.15, 0.2) is 0 Å². The number of hydrogen-bond acceptors (Lipinski definition) is 0. The van der Waals surface area contributed by atoms with Crippen molar-refractivity contribution in [3.8, 4) is 0 Å². The van der Waals surface area contributed by atoms with Gasteiger partial charge in [-0.1, -0.05) is 90.2 Å². The van der Waals surface area contributed by atoms with E-state index < -0.39 is 0 Å². The number of hydrogen-bond donors (Lipinski definition) is 0. The van der Waals surface area contributed by atoms with E-state index in [2.05, 4.69) is 61.0 Å². The Hall–Kier alpha value is -0.500. The Morgan fingerprint density at radius 1 is 0.900 bits per heavy atom. The van der Waals surface area contributed by atoms with Gasteiger partial charge in [-0.15, -0.1) is 0 Å². The molecule has 0 heterocycles. The molecule has 0 spiro atoms. The van der Waals surface area contributed by atoms with Crippen molar-refractivity contribution in [1.82, 2.24) is 0 Å². The maximum atomic E-state index is 6.26. The highest BCUT2D eigenvalue weighted by atomic mass is 79.9. The Morgan fingerprint density at radius 3 is 1.85 bits per heavy atom. The van der Waals surface area contributed by atoms with Gasteiger partial charge in [-0.25, -0.2) is 0 Å². The SMILES string of the molecule is CC(C)(C)c1ccc(C(Br)c2c(Cl)cccc2Cl)cc1. The van der Waals surface area contributed by atoms with Crippen LogP contribution in [0.3, 0.4) is 0 Å². The van der Waals surface area contributed by atoms with Crippen molar-refractivity contribution in [2.75, 3.05) is 0 Å². The molecule has 0 saturated heterocycles. The van der Waals surface area contributed by atoms with E-state index in [9.17, 15) is 0 Å². The minimum atomic E-state index is -0.00211. The van der Waals surface area contributed by atoms with Gasteiger partial charge in [0.25, 0.3) is 0 Å². The minimum Gasteiger partial charge on any atom is -0.0839 e. The second-order valence-electron chi connectivity index (χ2n) is 5.87. The molecule has 2 aromatic carbocycles. The summed E-state index contributed by atoms with van der Waals surface area (Å²) in [5, 5.41) is 1.36. The molecule has 106 valence electrons. The highest BCUT2D eigenvalue weighted by Crippen LogP contribution is 2.39. The largest absolute Gasteiger partial charge is 0.0839 e. The van der Waals surface area contributed by atoms with Gasteiger partial charge in [-0.05, 0) is 28.7 Å². The maximum Gasteiger partial charge on any atom is 0.0673 e. The predicted octanol–water partition coefficient (Wildman–Crippen LogP) is 6.78. The quantitative estimate of drug-likeness (QED) is 0.510. The molecule has 0 aliphatic heterocycles. The lowest BCUT2D eigenvalue weighted by molar-refractivity contribution is 0.590. The second kappa shape index (κ2) is 6.09. The Kier molecular flexibility index (Phi) is 4.84. The van der Waals surface area contributed by atoms with Crippen LogP contribution < -0.4 is 0 Å². The van der Waals surface area contributed by atoms with Gasteiger partial charge in [0.1, 0.15) is 0 Å². The summed E-state index contributed by atoms with van der Waals surface area (Å²) < 4.78 is 0. The molecule has 20 heavy (non-hydrogen) atoms. The molecule has 0 fully saturated rings. The highest BCUT2D eigenvalue weighted by Gasteiger charge is 2.18. The zero-order chi connectivity index (χ0) is 14.9. The van der Waals surface area contributed by atoms with Crippen molar-refractivity contribution in [2.24, 2.45) is 0 Å². The molecule has 0 amide bonds. The number of rotatable bonds is 2. The fourth-order valence-electron chi connectivity index (χ4n) is 2.07. The third kappa shape index (κ3) is 3.39. The fourth-order valence-corrected chi connectivity index (χ4v) is 3.75. The third-order valence-electron chi connectivity index (χ3n) is 3.32. The minimum absolute atomic E-state index is 0.00211. The molecule has 0 aromatic heterocycles. The molecular weight excluding hydrogens is 355 g/mol. The van der Waals surface area contributed by atoms with Crippen molar-refractivity contribution in [2.45, 2.75) is 31.0 Å². The maximum absolute atomic E-state index is 6.26. The van der Waals surface area contributed by atoms with Crippen LogP contribution in [-0.4, -0.2) is 0 Å². The summed E-state index contributed by atoms with van der Waals surface area (Å²) in [4.78, 5) is -0.00211. The Balaban J connectivity index is 2.37. The van der Waals surface area contributed by atoms with Crippen LogP contribution in [0.5, 0.6) is 0 Å². The van der Waals surface area contributed by atoms with Crippen LogP contribution >= 0.6 is 39.1 Å². The first kappa shape index (κ1) is 15.9. The Bertz CT molecular complexity index is 577. The van der Waals surface area contributed by atoms with Crippen molar-refractivity contribution in [3.05, 3.63) is 69.2 Å². The summed E-state index contributed by atoms with van der Waals surface area (Å²) in [5.41, 5.74) is 3.53. The molecule has 1 unspecified atom stereocenters. The number of alkyl halides is 1. The fraction of sp³-hybridized carbons (Fsp3) is 0.294. The second-order valence-corrected chi connectivity index (χ2v) is 7.60. The lowest BCUT2D eigenvalue weighted by Crippen LogP contribution is -2.10. The first-order chi connectivity index (χ1) is 9.30. The summed E-state index contributed by atoms with van der Waals surface area (Å²) in [6.45, 7) is 6.62. The number of benzene rings is 2. The molecule has 2 rings (SSSR count). The zero-order valence-electron chi connectivity index (χ0n) is 11.8.